The van der Waals surface area contributed by atoms with E-state index in [1.54, 1.807) is 44.2 Å². The van der Waals surface area contributed by atoms with E-state index in [1.165, 1.54) is 0 Å². The quantitative estimate of drug-likeness (QED) is 0.449. The highest BCUT2D eigenvalue weighted by molar-refractivity contribution is 6.04. The van der Waals surface area contributed by atoms with Crippen LogP contribution in [0.4, 0.5) is 5.69 Å². The van der Waals surface area contributed by atoms with Crippen molar-refractivity contribution in [2.45, 2.75) is 19.3 Å². The monoisotopic (exact) mass is 417 g/mol. The van der Waals surface area contributed by atoms with Crippen LogP contribution in [0.25, 0.3) is 10.8 Å². The van der Waals surface area contributed by atoms with E-state index in [1.807, 2.05) is 36.4 Å². The minimum absolute atomic E-state index is 0.00585. The molecule has 1 atom stereocenters. The Bertz CT molecular complexity index is 1200. The minimum Gasteiger partial charge on any atom is -0.497 e. The van der Waals surface area contributed by atoms with E-state index in [-0.39, 0.29) is 24.7 Å². The number of fused-ring (bicyclic) bond motifs is 2. The molecule has 6 nitrogen and oxygen atoms in total. The molecule has 1 aliphatic rings. The largest absolute Gasteiger partial charge is 0.497 e. The molecule has 0 saturated carbocycles. The van der Waals surface area contributed by atoms with Crippen molar-refractivity contribution in [3.05, 3.63) is 71.3 Å². The van der Waals surface area contributed by atoms with Crippen LogP contribution in [0.15, 0.2) is 54.6 Å². The third-order valence-corrected chi connectivity index (χ3v) is 5.75. The van der Waals surface area contributed by atoms with Crippen LogP contribution in [0.2, 0.25) is 0 Å². The second kappa shape index (κ2) is 8.22. The van der Waals surface area contributed by atoms with Crippen molar-refractivity contribution in [3.8, 4) is 5.75 Å². The number of carbonyl (C=O) groups is 3. The molecule has 0 spiro atoms. The van der Waals surface area contributed by atoms with Crippen LogP contribution in [0, 0.1) is 0 Å². The molecule has 31 heavy (non-hydrogen) atoms. The summed E-state index contributed by atoms with van der Waals surface area (Å²) in [5.74, 6) is -0.499. The SMILES string of the molecule is COc1ccc2cc([C@H](C)C(=O)OCC(=O)c3ccc4c(c3)CC(=O)N4C)ccc2c1. The van der Waals surface area contributed by atoms with Gasteiger partial charge >= 0.3 is 5.97 Å². The molecule has 0 saturated heterocycles. The third-order valence-electron chi connectivity index (χ3n) is 5.75. The van der Waals surface area contributed by atoms with Gasteiger partial charge in [-0.15, -0.1) is 0 Å². The lowest BCUT2D eigenvalue weighted by atomic mass is 9.98. The second-order valence-electron chi connectivity index (χ2n) is 7.70. The third kappa shape index (κ3) is 4.01. The van der Waals surface area contributed by atoms with E-state index in [9.17, 15) is 14.4 Å². The number of hydrogen-bond donors (Lipinski definition) is 0. The number of methoxy groups -OCH3 is 1. The summed E-state index contributed by atoms with van der Waals surface area (Å²) < 4.78 is 10.5. The lowest BCUT2D eigenvalue weighted by Gasteiger charge is -2.13. The summed E-state index contributed by atoms with van der Waals surface area (Å²) >= 11 is 0. The van der Waals surface area contributed by atoms with Gasteiger partial charge in [-0.1, -0.05) is 24.3 Å². The average Bonchev–Trinajstić information content (AvgIpc) is 3.08. The van der Waals surface area contributed by atoms with E-state index in [4.69, 9.17) is 9.47 Å². The van der Waals surface area contributed by atoms with Crippen LogP contribution < -0.4 is 9.64 Å². The topological polar surface area (TPSA) is 72.9 Å². The summed E-state index contributed by atoms with van der Waals surface area (Å²) in [6.45, 7) is 1.42. The fourth-order valence-corrected chi connectivity index (χ4v) is 3.76. The van der Waals surface area contributed by atoms with Gasteiger partial charge in [0.2, 0.25) is 5.91 Å². The maximum Gasteiger partial charge on any atom is 0.313 e. The Morgan fingerprint density at radius 2 is 1.77 bits per heavy atom. The number of likely N-dealkylation sites (N-methyl/N-ethyl adjacent to an activating group) is 1. The first-order chi connectivity index (χ1) is 14.9. The van der Waals surface area contributed by atoms with Crippen LogP contribution in [-0.4, -0.2) is 38.4 Å². The molecule has 0 bridgehead atoms. The predicted molar refractivity (Wildman–Crippen MR) is 118 cm³/mol. The van der Waals surface area contributed by atoms with Crippen LogP contribution in [-0.2, 0) is 20.7 Å². The van der Waals surface area contributed by atoms with Crippen molar-refractivity contribution < 1.29 is 23.9 Å². The average molecular weight is 417 g/mol. The van der Waals surface area contributed by atoms with E-state index >= 15 is 0 Å². The van der Waals surface area contributed by atoms with Gasteiger partial charge in [0.05, 0.1) is 19.4 Å². The number of rotatable bonds is 6. The highest BCUT2D eigenvalue weighted by Gasteiger charge is 2.25. The Hall–Kier alpha value is -3.67. The predicted octanol–water partition coefficient (Wildman–Crippen LogP) is 3.90. The fourth-order valence-electron chi connectivity index (χ4n) is 3.76. The van der Waals surface area contributed by atoms with Crippen molar-refractivity contribution in [1.82, 2.24) is 0 Å². The molecule has 4 rings (SSSR count). The first-order valence-corrected chi connectivity index (χ1v) is 10.0. The Morgan fingerprint density at radius 1 is 1.03 bits per heavy atom. The van der Waals surface area contributed by atoms with Gasteiger partial charge in [-0.25, -0.2) is 0 Å². The molecule has 0 aliphatic carbocycles. The van der Waals surface area contributed by atoms with E-state index in [0.717, 1.165) is 33.3 Å². The molecule has 0 aromatic heterocycles. The Balaban J connectivity index is 1.41. The fraction of sp³-hybridized carbons (Fsp3) is 0.240. The number of hydrogen-bond acceptors (Lipinski definition) is 5. The number of Topliss-reactive ketones (excluding diaryl/α,β-unsaturated/α-hetero) is 1. The first kappa shape index (κ1) is 20.6. The zero-order valence-corrected chi connectivity index (χ0v) is 17.7. The van der Waals surface area contributed by atoms with E-state index in [0.29, 0.717) is 5.56 Å². The highest BCUT2D eigenvalue weighted by Crippen LogP contribution is 2.29. The van der Waals surface area contributed by atoms with Gasteiger partial charge in [-0.3, -0.25) is 14.4 Å². The molecule has 0 N–H and O–H groups in total. The maximum absolute atomic E-state index is 12.5. The number of benzene rings is 3. The molecule has 0 unspecified atom stereocenters. The zero-order chi connectivity index (χ0) is 22.1. The molecule has 158 valence electrons. The zero-order valence-electron chi connectivity index (χ0n) is 17.7. The normalized spacial score (nSPS) is 13.8. The number of anilines is 1. The summed E-state index contributed by atoms with van der Waals surface area (Å²) in [6, 6.07) is 16.6. The first-order valence-electron chi connectivity index (χ1n) is 10.0. The van der Waals surface area contributed by atoms with Crippen molar-refractivity contribution in [2.24, 2.45) is 0 Å². The summed E-state index contributed by atoms with van der Waals surface area (Å²) in [5, 5.41) is 2.01. The Kier molecular flexibility index (Phi) is 5.46. The van der Waals surface area contributed by atoms with Gasteiger partial charge < -0.3 is 14.4 Å². The maximum atomic E-state index is 12.5. The highest BCUT2D eigenvalue weighted by atomic mass is 16.5. The number of ketones is 1. The van der Waals surface area contributed by atoms with Crippen molar-refractivity contribution in [2.75, 3.05) is 25.7 Å². The summed E-state index contributed by atoms with van der Waals surface area (Å²) in [6.07, 6.45) is 0.275. The van der Waals surface area contributed by atoms with Gasteiger partial charge in [0, 0.05) is 18.3 Å². The molecule has 3 aromatic carbocycles. The molecule has 0 fully saturated rings. The summed E-state index contributed by atoms with van der Waals surface area (Å²) in [4.78, 5) is 38.5. The lowest BCUT2D eigenvalue weighted by molar-refractivity contribution is -0.143. The smallest absolute Gasteiger partial charge is 0.313 e. The molecular weight excluding hydrogens is 394 g/mol. The number of esters is 1. The van der Waals surface area contributed by atoms with Gasteiger partial charge in [0.15, 0.2) is 12.4 Å². The van der Waals surface area contributed by atoms with Crippen LogP contribution >= 0.6 is 0 Å². The molecule has 0 radical (unpaired) electrons. The summed E-state index contributed by atoms with van der Waals surface area (Å²) in [5.41, 5.74) is 2.86. The Labute approximate surface area is 180 Å². The van der Waals surface area contributed by atoms with Crippen LogP contribution in [0.5, 0.6) is 5.75 Å². The standard InChI is InChI=1S/C25H23NO5/c1-15(16-4-5-18-12-21(30-3)8-6-17(18)10-16)25(29)31-14-23(27)19-7-9-22-20(11-19)13-24(28)26(22)2/h4-12,15H,13-14H2,1-3H3/t15-/m0/s1. The number of nitrogens with zero attached hydrogens (tertiary/aromatic N) is 1. The lowest BCUT2D eigenvalue weighted by Crippen LogP contribution is -2.20. The van der Waals surface area contributed by atoms with Gasteiger partial charge in [0.1, 0.15) is 5.75 Å². The van der Waals surface area contributed by atoms with Crippen LogP contribution in [0.3, 0.4) is 0 Å². The molecule has 1 heterocycles. The van der Waals surface area contributed by atoms with Crippen molar-refractivity contribution in [3.63, 3.8) is 0 Å². The minimum atomic E-state index is -0.509. The van der Waals surface area contributed by atoms with Crippen molar-refractivity contribution in [1.29, 1.82) is 0 Å². The molecule has 6 heteroatoms. The number of amides is 1. The Morgan fingerprint density at radius 3 is 2.55 bits per heavy atom. The second-order valence-corrected chi connectivity index (χ2v) is 7.70. The van der Waals surface area contributed by atoms with Crippen molar-refractivity contribution >= 4 is 34.1 Å². The molecule has 3 aromatic rings. The van der Waals surface area contributed by atoms with E-state index in [2.05, 4.69) is 0 Å². The molecular formula is C25H23NO5. The van der Waals surface area contributed by atoms with Crippen LogP contribution in [0.1, 0.15) is 34.3 Å². The van der Waals surface area contributed by atoms with Gasteiger partial charge in [-0.05, 0) is 59.2 Å². The molecule has 1 amide bonds. The number of carbonyl (C=O) groups excluding carboxylic acids is 3. The van der Waals surface area contributed by atoms with Gasteiger partial charge in [-0.2, -0.15) is 0 Å². The number of ether oxygens (including phenoxy) is 2. The summed E-state index contributed by atoms with van der Waals surface area (Å²) in [7, 11) is 3.33. The van der Waals surface area contributed by atoms with E-state index < -0.39 is 11.9 Å². The van der Waals surface area contributed by atoms with Gasteiger partial charge in [0.25, 0.3) is 0 Å². The molecule has 1 aliphatic heterocycles.